The number of rotatable bonds is 2. The maximum Gasteiger partial charge on any atom is 0.253 e. The standard InChI is InChI=1S/C15H23N3O/c1-10-5-3-2-4-6-14(10)18-15(19)12-8-7-11(16)9-13(12)17/h7-10,14H,2-6,16-17H2,1H3,(H,18,19). The fourth-order valence-corrected chi connectivity index (χ4v) is 2.74. The highest BCUT2D eigenvalue weighted by Crippen LogP contribution is 2.24. The van der Waals surface area contributed by atoms with E-state index in [1.807, 2.05) is 0 Å². The van der Waals surface area contributed by atoms with Crippen LogP contribution in [0.15, 0.2) is 18.2 Å². The number of nitrogen functional groups attached to an aromatic ring is 2. The van der Waals surface area contributed by atoms with Gasteiger partial charge in [-0.2, -0.15) is 0 Å². The van der Waals surface area contributed by atoms with Crippen LogP contribution in [0.5, 0.6) is 0 Å². The van der Waals surface area contributed by atoms with Crippen molar-refractivity contribution in [3.05, 3.63) is 23.8 Å². The Morgan fingerprint density at radius 3 is 2.68 bits per heavy atom. The molecule has 5 N–H and O–H groups in total. The van der Waals surface area contributed by atoms with Gasteiger partial charge < -0.3 is 16.8 Å². The molecule has 1 aliphatic carbocycles. The van der Waals surface area contributed by atoms with Crippen LogP contribution in [0.1, 0.15) is 49.4 Å². The lowest BCUT2D eigenvalue weighted by molar-refractivity contribution is 0.0922. The zero-order valence-corrected chi connectivity index (χ0v) is 11.5. The second kappa shape index (κ2) is 5.95. The van der Waals surface area contributed by atoms with Gasteiger partial charge in [0.15, 0.2) is 0 Å². The second-order valence-corrected chi connectivity index (χ2v) is 5.54. The van der Waals surface area contributed by atoms with Gasteiger partial charge in [0.1, 0.15) is 0 Å². The van der Waals surface area contributed by atoms with Gasteiger partial charge in [-0.25, -0.2) is 0 Å². The Balaban J connectivity index is 2.07. The molecule has 4 heteroatoms. The zero-order chi connectivity index (χ0) is 13.8. The van der Waals surface area contributed by atoms with Crippen LogP contribution in [0.3, 0.4) is 0 Å². The number of anilines is 2. The van der Waals surface area contributed by atoms with Crippen LogP contribution in [-0.4, -0.2) is 11.9 Å². The molecule has 0 bridgehead atoms. The topological polar surface area (TPSA) is 81.1 Å². The van der Waals surface area contributed by atoms with Gasteiger partial charge in [0.2, 0.25) is 0 Å². The first-order valence-electron chi connectivity index (χ1n) is 7.04. The fourth-order valence-electron chi connectivity index (χ4n) is 2.74. The minimum absolute atomic E-state index is 0.0868. The Bertz CT molecular complexity index is 459. The Morgan fingerprint density at radius 1 is 1.21 bits per heavy atom. The van der Waals surface area contributed by atoms with Crippen LogP contribution in [0.2, 0.25) is 0 Å². The molecule has 0 aromatic heterocycles. The van der Waals surface area contributed by atoms with Crippen molar-refractivity contribution >= 4 is 17.3 Å². The molecular formula is C15H23N3O. The minimum atomic E-state index is -0.0868. The predicted molar refractivity (Wildman–Crippen MR) is 78.8 cm³/mol. The first-order chi connectivity index (χ1) is 9.08. The van der Waals surface area contributed by atoms with Crippen LogP contribution >= 0.6 is 0 Å². The molecule has 1 aromatic carbocycles. The summed E-state index contributed by atoms with van der Waals surface area (Å²) < 4.78 is 0. The Kier molecular flexibility index (Phi) is 4.30. The van der Waals surface area contributed by atoms with E-state index < -0.39 is 0 Å². The quantitative estimate of drug-likeness (QED) is 0.565. The summed E-state index contributed by atoms with van der Waals surface area (Å²) in [5.41, 5.74) is 13.0. The molecule has 4 nitrogen and oxygen atoms in total. The molecule has 2 rings (SSSR count). The zero-order valence-electron chi connectivity index (χ0n) is 11.5. The molecule has 1 saturated carbocycles. The van der Waals surface area contributed by atoms with Gasteiger partial charge in [0, 0.05) is 17.4 Å². The monoisotopic (exact) mass is 261 g/mol. The molecule has 0 heterocycles. The predicted octanol–water partition coefficient (Wildman–Crippen LogP) is 2.55. The number of nitrogens with one attached hydrogen (secondary N) is 1. The van der Waals surface area contributed by atoms with Gasteiger partial charge in [-0.1, -0.05) is 26.2 Å². The number of benzene rings is 1. The van der Waals surface area contributed by atoms with Crippen molar-refractivity contribution in [3.63, 3.8) is 0 Å². The van der Waals surface area contributed by atoms with Gasteiger partial charge in [-0.05, 0) is 37.0 Å². The van der Waals surface area contributed by atoms with Crippen molar-refractivity contribution in [2.45, 2.75) is 45.1 Å². The molecule has 1 amide bonds. The number of carbonyl (C=O) groups is 1. The average Bonchev–Trinajstić information content (AvgIpc) is 2.55. The lowest BCUT2D eigenvalue weighted by atomic mass is 9.96. The summed E-state index contributed by atoms with van der Waals surface area (Å²) in [4.78, 5) is 12.3. The van der Waals surface area contributed by atoms with Gasteiger partial charge >= 0.3 is 0 Å². The number of hydrogen-bond acceptors (Lipinski definition) is 3. The maximum absolute atomic E-state index is 12.3. The second-order valence-electron chi connectivity index (χ2n) is 5.54. The van der Waals surface area contributed by atoms with E-state index in [0.29, 0.717) is 22.9 Å². The molecule has 2 atom stereocenters. The van der Waals surface area contributed by atoms with Crippen molar-refractivity contribution in [1.29, 1.82) is 0 Å². The van der Waals surface area contributed by atoms with E-state index in [-0.39, 0.29) is 11.9 Å². The summed E-state index contributed by atoms with van der Waals surface area (Å²) in [6.07, 6.45) is 5.95. The van der Waals surface area contributed by atoms with Crippen molar-refractivity contribution < 1.29 is 4.79 Å². The molecule has 0 radical (unpaired) electrons. The van der Waals surface area contributed by atoms with E-state index in [2.05, 4.69) is 12.2 Å². The molecule has 1 aliphatic rings. The fraction of sp³-hybridized carbons (Fsp3) is 0.533. The van der Waals surface area contributed by atoms with Crippen molar-refractivity contribution in [1.82, 2.24) is 5.32 Å². The molecule has 0 aliphatic heterocycles. The van der Waals surface area contributed by atoms with E-state index in [0.717, 1.165) is 6.42 Å². The summed E-state index contributed by atoms with van der Waals surface area (Å²) in [6.45, 7) is 2.21. The Morgan fingerprint density at radius 2 is 1.95 bits per heavy atom. The highest BCUT2D eigenvalue weighted by molar-refractivity contribution is 5.99. The van der Waals surface area contributed by atoms with Crippen molar-refractivity contribution in [2.75, 3.05) is 11.5 Å². The molecular weight excluding hydrogens is 238 g/mol. The third-order valence-corrected chi connectivity index (χ3v) is 4.00. The van der Waals surface area contributed by atoms with Gasteiger partial charge in [0.25, 0.3) is 5.91 Å². The minimum Gasteiger partial charge on any atom is -0.399 e. The number of amides is 1. The Hall–Kier alpha value is -1.71. The highest BCUT2D eigenvalue weighted by atomic mass is 16.1. The first kappa shape index (κ1) is 13.7. The third kappa shape index (κ3) is 3.40. The number of hydrogen-bond donors (Lipinski definition) is 3. The van der Waals surface area contributed by atoms with E-state index in [1.54, 1.807) is 18.2 Å². The van der Waals surface area contributed by atoms with Gasteiger partial charge in [-0.3, -0.25) is 4.79 Å². The number of carbonyl (C=O) groups excluding carboxylic acids is 1. The lowest BCUT2D eigenvalue weighted by Gasteiger charge is -2.23. The maximum atomic E-state index is 12.3. The van der Waals surface area contributed by atoms with E-state index in [4.69, 9.17) is 11.5 Å². The van der Waals surface area contributed by atoms with Crippen molar-refractivity contribution in [3.8, 4) is 0 Å². The molecule has 2 unspecified atom stereocenters. The Labute approximate surface area is 114 Å². The number of nitrogens with two attached hydrogens (primary N) is 2. The molecule has 0 spiro atoms. The van der Waals surface area contributed by atoms with E-state index >= 15 is 0 Å². The summed E-state index contributed by atoms with van der Waals surface area (Å²) in [5, 5.41) is 3.13. The van der Waals surface area contributed by atoms with Crippen LogP contribution < -0.4 is 16.8 Å². The highest BCUT2D eigenvalue weighted by Gasteiger charge is 2.22. The largest absolute Gasteiger partial charge is 0.399 e. The molecule has 104 valence electrons. The van der Waals surface area contributed by atoms with Gasteiger partial charge in [-0.15, -0.1) is 0 Å². The van der Waals surface area contributed by atoms with Crippen LogP contribution in [0, 0.1) is 5.92 Å². The third-order valence-electron chi connectivity index (χ3n) is 4.00. The van der Waals surface area contributed by atoms with Crippen LogP contribution in [-0.2, 0) is 0 Å². The summed E-state index contributed by atoms with van der Waals surface area (Å²) in [6, 6.07) is 5.29. The van der Waals surface area contributed by atoms with E-state index in [9.17, 15) is 4.79 Å². The summed E-state index contributed by atoms with van der Waals surface area (Å²) in [5.74, 6) is 0.442. The molecule has 0 saturated heterocycles. The summed E-state index contributed by atoms with van der Waals surface area (Å²) in [7, 11) is 0. The normalized spacial score (nSPS) is 23.6. The van der Waals surface area contributed by atoms with Crippen molar-refractivity contribution in [2.24, 2.45) is 5.92 Å². The van der Waals surface area contributed by atoms with Crippen LogP contribution in [0.4, 0.5) is 11.4 Å². The molecule has 19 heavy (non-hydrogen) atoms. The van der Waals surface area contributed by atoms with Crippen LogP contribution in [0.25, 0.3) is 0 Å². The molecule has 1 fully saturated rings. The smallest absolute Gasteiger partial charge is 0.253 e. The summed E-state index contributed by atoms with van der Waals surface area (Å²) >= 11 is 0. The van der Waals surface area contributed by atoms with E-state index in [1.165, 1.54) is 25.7 Å². The first-order valence-corrected chi connectivity index (χ1v) is 7.04. The van der Waals surface area contributed by atoms with Gasteiger partial charge in [0.05, 0.1) is 5.56 Å². The molecule has 1 aromatic rings. The average molecular weight is 261 g/mol. The lowest BCUT2D eigenvalue weighted by Crippen LogP contribution is -2.39. The SMILES string of the molecule is CC1CCCCCC1NC(=O)c1ccc(N)cc1N.